The van der Waals surface area contributed by atoms with Gasteiger partial charge in [-0.15, -0.1) is 24.5 Å². The van der Waals surface area contributed by atoms with Crippen molar-refractivity contribution < 1.29 is 17.9 Å². The lowest BCUT2D eigenvalue weighted by molar-refractivity contribution is -0.274. The first kappa shape index (κ1) is 26.0. The Bertz CT molecular complexity index is 1410. The van der Waals surface area contributed by atoms with Crippen molar-refractivity contribution >= 4 is 22.9 Å². The zero-order chi connectivity index (χ0) is 26.0. The van der Waals surface area contributed by atoms with Crippen LogP contribution in [0.15, 0.2) is 65.5 Å². The van der Waals surface area contributed by atoms with Crippen LogP contribution >= 0.6 is 22.9 Å². The molecule has 2 aromatic carbocycles. The van der Waals surface area contributed by atoms with E-state index in [1.807, 2.05) is 38.2 Å². The molecular formula is C27H24ClF3N2O2S. The first-order valence-electron chi connectivity index (χ1n) is 11.1. The van der Waals surface area contributed by atoms with E-state index in [9.17, 15) is 18.0 Å². The molecule has 0 bridgehead atoms. The molecule has 1 N–H and O–H groups in total. The highest BCUT2D eigenvalue weighted by molar-refractivity contribution is 7.15. The van der Waals surface area contributed by atoms with Crippen molar-refractivity contribution in [2.24, 2.45) is 0 Å². The summed E-state index contributed by atoms with van der Waals surface area (Å²) in [7, 11) is 1.96. The molecule has 0 saturated heterocycles. The number of nitrogens with zero attached hydrogens (tertiary/aromatic N) is 1. The van der Waals surface area contributed by atoms with E-state index in [1.165, 1.54) is 12.1 Å². The maximum Gasteiger partial charge on any atom is 0.573 e. The number of aryl methyl sites for hydroxylation is 2. The summed E-state index contributed by atoms with van der Waals surface area (Å²) in [4.78, 5) is 20.2. The summed E-state index contributed by atoms with van der Waals surface area (Å²) in [5, 5.41) is 0.206. The van der Waals surface area contributed by atoms with Crippen LogP contribution in [0.1, 0.15) is 21.8 Å². The number of aromatic amines is 1. The third-order valence-corrected chi connectivity index (χ3v) is 7.23. The van der Waals surface area contributed by atoms with Crippen LogP contribution in [0.4, 0.5) is 13.2 Å². The summed E-state index contributed by atoms with van der Waals surface area (Å²) in [5.41, 5.74) is 4.57. The lowest BCUT2D eigenvalue weighted by Gasteiger charge is -2.16. The second kappa shape index (κ2) is 10.5. The molecule has 0 saturated carbocycles. The van der Waals surface area contributed by atoms with Gasteiger partial charge in [-0.2, -0.15) is 0 Å². The molecule has 0 aliphatic rings. The molecule has 4 nitrogen and oxygen atoms in total. The Morgan fingerprint density at radius 1 is 0.917 bits per heavy atom. The molecule has 0 unspecified atom stereocenters. The van der Waals surface area contributed by atoms with Crippen molar-refractivity contribution in [3.05, 3.63) is 97.7 Å². The molecule has 0 fully saturated rings. The van der Waals surface area contributed by atoms with Gasteiger partial charge in [0, 0.05) is 39.8 Å². The number of ether oxygens (including phenoxy) is 1. The molecule has 188 valence electrons. The van der Waals surface area contributed by atoms with E-state index in [2.05, 4.69) is 26.8 Å². The number of hydrogen-bond donors (Lipinski definition) is 1. The summed E-state index contributed by atoms with van der Waals surface area (Å²) in [6.45, 7) is 4.92. The van der Waals surface area contributed by atoms with Gasteiger partial charge in [0.05, 0.1) is 0 Å². The molecule has 0 radical (unpaired) electrons. The smallest absolute Gasteiger partial charge is 0.406 e. The fraction of sp³-hybridized carbons (Fsp3) is 0.222. The molecule has 4 rings (SSSR count). The Labute approximate surface area is 215 Å². The Hall–Kier alpha value is -3.07. The van der Waals surface area contributed by atoms with Crippen LogP contribution in [0.2, 0.25) is 5.02 Å². The summed E-state index contributed by atoms with van der Waals surface area (Å²) >= 11 is 7.83. The molecule has 2 aromatic heterocycles. The molecule has 0 amide bonds. The Kier molecular flexibility index (Phi) is 7.59. The molecule has 0 aliphatic heterocycles. The zero-order valence-electron chi connectivity index (χ0n) is 19.9. The van der Waals surface area contributed by atoms with Gasteiger partial charge >= 0.3 is 6.36 Å². The summed E-state index contributed by atoms with van der Waals surface area (Å²) in [6, 6.07) is 17.9. The normalized spacial score (nSPS) is 11.8. The van der Waals surface area contributed by atoms with E-state index in [-0.39, 0.29) is 16.2 Å². The number of pyridine rings is 1. The number of hydrogen-bond acceptors (Lipinski definition) is 4. The average molecular weight is 533 g/mol. The quantitative estimate of drug-likeness (QED) is 0.267. The summed E-state index contributed by atoms with van der Waals surface area (Å²) in [6.07, 6.45) is -4.69. The molecule has 9 heteroatoms. The molecule has 0 spiro atoms. The Morgan fingerprint density at radius 2 is 1.56 bits per heavy atom. The molecular weight excluding hydrogens is 509 g/mol. The highest BCUT2D eigenvalue weighted by atomic mass is 35.5. The third kappa shape index (κ3) is 6.19. The topological polar surface area (TPSA) is 45.3 Å². The van der Waals surface area contributed by atoms with Crippen molar-refractivity contribution in [3.63, 3.8) is 0 Å². The standard InChI is InChI=1S/C27H24ClF3N2O2S/c1-16-24(26(34)25(28)17(2)32-16)20-8-6-19(7-9-20)23-13-12-22(36-23)15-33(3)14-18-4-10-21(11-5-18)35-27(29,30)31/h4-13H,14-15H2,1-3H3,(H,32,34). The van der Waals surface area contributed by atoms with Crippen LogP contribution in [0, 0.1) is 13.8 Å². The van der Waals surface area contributed by atoms with Crippen molar-refractivity contribution in [3.8, 4) is 27.3 Å². The van der Waals surface area contributed by atoms with Crippen LogP contribution < -0.4 is 10.2 Å². The van der Waals surface area contributed by atoms with Gasteiger partial charge in [0.2, 0.25) is 5.43 Å². The van der Waals surface area contributed by atoms with Gasteiger partial charge in [-0.25, -0.2) is 0 Å². The van der Waals surface area contributed by atoms with Gasteiger partial charge in [0.1, 0.15) is 10.8 Å². The largest absolute Gasteiger partial charge is 0.573 e. The number of aromatic nitrogens is 1. The lowest BCUT2D eigenvalue weighted by Crippen LogP contribution is -2.18. The van der Waals surface area contributed by atoms with E-state index >= 15 is 0 Å². The van der Waals surface area contributed by atoms with Gasteiger partial charge in [-0.1, -0.05) is 48.0 Å². The van der Waals surface area contributed by atoms with Crippen LogP contribution in [0.5, 0.6) is 5.75 Å². The van der Waals surface area contributed by atoms with E-state index in [0.29, 0.717) is 24.3 Å². The Morgan fingerprint density at radius 3 is 2.19 bits per heavy atom. The molecule has 4 aromatic rings. The van der Waals surface area contributed by atoms with Crippen LogP contribution in [0.3, 0.4) is 0 Å². The fourth-order valence-corrected chi connectivity index (χ4v) is 5.28. The van der Waals surface area contributed by atoms with Gasteiger partial charge in [-0.3, -0.25) is 9.69 Å². The van der Waals surface area contributed by atoms with Crippen molar-refractivity contribution in [2.45, 2.75) is 33.3 Å². The van der Waals surface area contributed by atoms with E-state index in [0.717, 1.165) is 32.1 Å². The first-order valence-corrected chi connectivity index (χ1v) is 12.3. The van der Waals surface area contributed by atoms with Crippen molar-refractivity contribution in [1.82, 2.24) is 9.88 Å². The minimum atomic E-state index is -4.69. The lowest BCUT2D eigenvalue weighted by atomic mass is 10.0. The second-order valence-electron chi connectivity index (χ2n) is 8.60. The van der Waals surface area contributed by atoms with E-state index < -0.39 is 6.36 Å². The minimum absolute atomic E-state index is 0.179. The summed E-state index contributed by atoms with van der Waals surface area (Å²) < 4.78 is 40.9. The van der Waals surface area contributed by atoms with Crippen molar-refractivity contribution in [2.75, 3.05) is 7.05 Å². The van der Waals surface area contributed by atoms with Crippen LogP contribution in [-0.2, 0) is 13.1 Å². The molecule has 0 atom stereocenters. The summed E-state index contributed by atoms with van der Waals surface area (Å²) in [5.74, 6) is -0.229. The average Bonchev–Trinajstić information content (AvgIpc) is 3.26. The third-order valence-electron chi connectivity index (χ3n) is 5.66. The number of H-pyrrole nitrogens is 1. The number of benzene rings is 2. The predicted octanol–water partition coefficient (Wildman–Crippen LogP) is 7.57. The number of rotatable bonds is 7. The SMILES string of the molecule is Cc1[nH]c(C)c(-c2ccc(-c3ccc(CN(C)Cc4ccc(OC(F)(F)F)cc4)s3)cc2)c(=O)c1Cl. The van der Waals surface area contributed by atoms with Gasteiger partial charge in [0.15, 0.2) is 0 Å². The predicted molar refractivity (Wildman–Crippen MR) is 139 cm³/mol. The van der Waals surface area contributed by atoms with Gasteiger partial charge < -0.3 is 9.72 Å². The number of thiophene rings is 1. The fourth-order valence-electron chi connectivity index (χ4n) is 4.05. The maximum absolute atomic E-state index is 12.7. The number of alkyl halides is 3. The van der Waals surface area contributed by atoms with Gasteiger partial charge in [-0.05, 0) is 61.9 Å². The molecule has 36 heavy (non-hydrogen) atoms. The minimum Gasteiger partial charge on any atom is -0.406 e. The first-order chi connectivity index (χ1) is 17.0. The van der Waals surface area contributed by atoms with Crippen LogP contribution in [0.25, 0.3) is 21.6 Å². The highest BCUT2D eigenvalue weighted by Gasteiger charge is 2.30. The van der Waals surface area contributed by atoms with Gasteiger partial charge in [0.25, 0.3) is 0 Å². The number of halogens is 4. The van der Waals surface area contributed by atoms with E-state index in [4.69, 9.17) is 11.6 Å². The highest BCUT2D eigenvalue weighted by Crippen LogP contribution is 2.31. The molecule has 2 heterocycles. The van der Waals surface area contributed by atoms with E-state index in [1.54, 1.807) is 30.4 Å². The van der Waals surface area contributed by atoms with Crippen molar-refractivity contribution in [1.29, 1.82) is 0 Å². The monoisotopic (exact) mass is 532 g/mol. The maximum atomic E-state index is 12.7. The van der Waals surface area contributed by atoms with Crippen LogP contribution in [-0.4, -0.2) is 23.3 Å². The molecule has 0 aliphatic carbocycles. The number of nitrogens with one attached hydrogen (secondary N) is 1. The Balaban J connectivity index is 1.41. The zero-order valence-corrected chi connectivity index (χ0v) is 21.4. The second-order valence-corrected chi connectivity index (χ2v) is 10.1.